The van der Waals surface area contributed by atoms with Gasteiger partial charge in [0.05, 0.1) is 11.3 Å². The number of phenols is 1. The van der Waals surface area contributed by atoms with Crippen molar-refractivity contribution in [2.75, 3.05) is 5.32 Å². The van der Waals surface area contributed by atoms with Crippen LogP contribution in [0.4, 0.5) is 18.9 Å². The number of nitrogens with zero attached hydrogens (tertiary/aromatic N) is 1. The summed E-state index contributed by atoms with van der Waals surface area (Å²) in [7, 11) is 1.60. The normalized spacial score (nSPS) is 23.3. The zero-order valence-electron chi connectivity index (χ0n) is 12.9. The number of anilines is 1. The molecule has 1 aromatic heterocycles. The minimum Gasteiger partial charge on any atom is -0.506 e. The van der Waals surface area contributed by atoms with E-state index in [1.807, 2.05) is 0 Å². The maximum Gasteiger partial charge on any atom is 0.386 e. The lowest BCUT2D eigenvalue weighted by molar-refractivity contribution is -0.294. The number of ether oxygens (including phenoxy) is 1. The number of hydrogen-bond donors (Lipinski definition) is 2. The van der Waals surface area contributed by atoms with Crippen molar-refractivity contribution in [2.24, 2.45) is 0 Å². The van der Waals surface area contributed by atoms with Gasteiger partial charge in [0.15, 0.2) is 0 Å². The Morgan fingerprint density at radius 3 is 2.48 bits per heavy atom. The molecule has 2 aromatic rings. The van der Waals surface area contributed by atoms with Crippen LogP contribution in [0, 0.1) is 0 Å². The fourth-order valence-corrected chi connectivity index (χ4v) is 3.22. The Kier molecular flexibility index (Phi) is 3.56. The first-order chi connectivity index (χ1) is 11.8. The van der Waals surface area contributed by atoms with Crippen LogP contribution in [-0.2, 0) is 16.4 Å². The molecule has 0 amide bonds. The molecule has 0 saturated heterocycles. The maximum atomic E-state index is 14.2. The third-order valence-electron chi connectivity index (χ3n) is 4.18. The highest BCUT2D eigenvalue weighted by molar-refractivity contribution is 7.17. The molecule has 0 bridgehead atoms. The Morgan fingerprint density at radius 2 is 1.84 bits per heavy atom. The molecule has 1 fully saturated rings. The Bertz CT molecular complexity index is 879. The number of pyridine rings is 1. The largest absolute Gasteiger partial charge is 0.506 e. The Labute approximate surface area is 143 Å². The molecule has 0 spiro atoms. The first kappa shape index (κ1) is 16.4. The van der Waals surface area contributed by atoms with Crippen molar-refractivity contribution < 1.29 is 23.0 Å². The van der Waals surface area contributed by atoms with Gasteiger partial charge in [-0.1, -0.05) is 9.24 Å². The summed E-state index contributed by atoms with van der Waals surface area (Å²) in [6.07, 6.45) is 1.23. The van der Waals surface area contributed by atoms with Crippen molar-refractivity contribution in [3.05, 3.63) is 58.9 Å². The molecule has 2 unspecified atom stereocenters. The van der Waals surface area contributed by atoms with Crippen LogP contribution in [0.25, 0.3) is 5.70 Å². The van der Waals surface area contributed by atoms with Gasteiger partial charge in [-0.2, -0.15) is 8.78 Å². The van der Waals surface area contributed by atoms with Gasteiger partial charge in [0.25, 0.3) is 5.60 Å². The number of hydrogen-bond acceptors (Lipinski definition) is 4. The average Bonchev–Trinajstić information content (AvgIpc) is 3.35. The van der Waals surface area contributed by atoms with E-state index < -0.39 is 22.8 Å². The average molecular weight is 366 g/mol. The zero-order valence-corrected chi connectivity index (χ0v) is 14.0. The van der Waals surface area contributed by atoms with Gasteiger partial charge in [-0.05, 0) is 42.7 Å². The lowest BCUT2D eigenvalue weighted by Crippen LogP contribution is -2.16. The molecule has 4 rings (SSSR count). The lowest BCUT2D eigenvalue weighted by atomic mass is 10.1. The quantitative estimate of drug-likeness (QED) is 0.623. The second-order valence-electron chi connectivity index (χ2n) is 6.02. The van der Waals surface area contributed by atoms with Crippen LogP contribution in [0.1, 0.15) is 29.5 Å². The number of aromatic hydroxyl groups is 1. The van der Waals surface area contributed by atoms with Gasteiger partial charge in [-0.15, -0.1) is 0 Å². The summed E-state index contributed by atoms with van der Waals surface area (Å²) in [5.41, 5.74) is -1.02. The van der Waals surface area contributed by atoms with Crippen LogP contribution in [0.3, 0.4) is 0 Å². The molecule has 2 heterocycles. The van der Waals surface area contributed by atoms with E-state index in [9.17, 15) is 18.3 Å². The highest BCUT2D eigenvalue weighted by Crippen LogP contribution is 2.55. The van der Waals surface area contributed by atoms with Gasteiger partial charge in [-0.25, -0.2) is 4.39 Å². The predicted molar refractivity (Wildman–Crippen MR) is 89.6 cm³/mol. The fourth-order valence-electron chi connectivity index (χ4n) is 2.84. The van der Waals surface area contributed by atoms with E-state index >= 15 is 0 Å². The monoisotopic (exact) mass is 366 g/mol. The Hall–Kier alpha value is -2.11. The summed E-state index contributed by atoms with van der Waals surface area (Å²) in [5.74, 6) is -0.336. The highest BCUT2D eigenvalue weighted by Gasteiger charge is 2.54. The summed E-state index contributed by atoms with van der Waals surface area (Å²) in [4.78, 5) is 3.95. The maximum absolute atomic E-state index is 14.2. The Balaban J connectivity index is 1.77. The SMILES string of the molecule is Oc1cc2c(cc1NC(=C1CC1)c1ccncc1)C(F)(F)OC2(F)P. The molecule has 1 aliphatic heterocycles. The van der Waals surface area contributed by atoms with E-state index in [-0.39, 0.29) is 11.4 Å². The number of alkyl halides is 3. The van der Waals surface area contributed by atoms with Gasteiger partial charge in [0.2, 0.25) is 0 Å². The van der Waals surface area contributed by atoms with Crippen molar-refractivity contribution >= 4 is 20.6 Å². The first-order valence-corrected chi connectivity index (χ1v) is 8.19. The number of fused-ring (bicyclic) bond motifs is 1. The van der Waals surface area contributed by atoms with E-state index in [1.54, 1.807) is 33.8 Å². The van der Waals surface area contributed by atoms with E-state index in [4.69, 9.17) is 0 Å². The molecule has 2 N–H and O–H groups in total. The topological polar surface area (TPSA) is 54.4 Å². The second kappa shape index (κ2) is 5.44. The van der Waals surface area contributed by atoms with E-state index in [2.05, 4.69) is 15.0 Å². The third-order valence-corrected chi connectivity index (χ3v) is 4.60. The number of benzene rings is 1. The van der Waals surface area contributed by atoms with Crippen LogP contribution >= 0.6 is 9.24 Å². The van der Waals surface area contributed by atoms with Gasteiger partial charge < -0.3 is 10.4 Å². The molecule has 1 aromatic carbocycles. The molecule has 130 valence electrons. The standard InChI is InChI=1S/C17H14F3N2O2P/c18-16(19)11-7-13(14(23)8-12(11)17(20,25)24-16)22-15(9-1-2-9)10-3-5-21-6-4-10/h3-8,22-23H,1-2,25H2. The second-order valence-corrected chi connectivity index (χ2v) is 6.76. The molecular weight excluding hydrogens is 352 g/mol. The van der Waals surface area contributed by atoms with Crippen LogP contribution in [0.2, 0.25) is 0 Å². The fraction of sp³-hybridized carbons (Fsp3) is 0.235. The molecule has 2 aliphatic rings. The lowest BCUT2D eigenvalue weighted by Gasteiger charge is -2.15. The van der Waals surface area contributed by atoms with E-state index in [0.29, 0.717) is 0 Å². The number of rotatable bonds is 3. The van der Waals surface area contributed by atoms with Crippen molar-refractivity contribution in [1.29, 1.82) is 0 Å². The molecular formula is C17H14F3N2O2P. The van der Waals surface area contributed by atoms with Crippen molar-refractivity contribution in [2.45, 2.75) is 24.5 Å². The summed E-state index contributed by atoms with van der Waals surface area (Å²) < 4.78 is 46.3. The van der Waals surface area contributed by atoms with Gasteiger partial charge in [0.1, 0.15) is 5.75 Å². The zero-order chi connectivity index (χ0) is 17.8. The van der Waals surface area contributed by atoms with E-state index in [1.165, 1.54) is 0 Å². The van der Waals surface area contributed by atoms with Gasteiger partial charge >= 0.3 is 6.11 Å². The van der Waals surface area contributed by atoms with Crippen molar-refractivity contribution in [1.82, 2.24) is 4.98 Å². The molecule has 2 atom stereocenters. The highest BCUT2D eigenvalue weighted by atomic mass is 31.0. The summed E-state index contributed by atoms with van der Waals surface area (Å²) >= 11 is 0. The molecule has 4 nitrogen and oxygen atoms in total. The summed E-state index contributed by atoms with van der Waals surface area (Å²) in [6, 6.07) is 5.56. The summed E-state index contributed by atoms with van der Waals surface area (Å²) in [5, 5.41) is 13.2. The smallest absolute Gasteiger partial charge is 0.386 e. The van der Waals surface area contributed by atoms with Crippen molar-refractivity contribution in [3.63, 3.8) is 0 Å². The van der Waals surface area contributed by atoms with Crippen LogP contribution in [-0.4, -0.2) is 10.1 Å². The number of allylic oxidation sites excluding steroid dienone is 1. The molecule has 25 heavy (non-hydrogen) atoms. The molecule has 8 heteroatoms. The van der Waals surface area contributed by atoms with Crippen LogP contribution in [0.5, 0.6) is 5.75 Å². The minimum absolute atomic E-state index is 0.0657. The van der Waals surface area contributed by atoms with Crippen LogP contribution in [0.15, 0.2) is 42.2 Å². The molecule has 0 radical (unpaired) electrons. The number of phenolic OH excluding ortho intramolecular Hbond substituents is 1. The summed E-state index contributed by atoms with van der Waals surface area (Å²) in [6.45, 7) is 0. The Morgan fingerprint density at radius 1 is 1.16 bits per heavy atom. The van der Waals surface area contributed by atoms with E-state index in [0.717, 1.165) is 41.8 Å². The molecule has 1 saturated carbocycles. The van der Waals surface area contributed by atoms with Crippen molar-refractivity contribution in [3.8, 4) is 5.75 Å². The van der Waals surface area contributed by atoms with Crippen LogP contribution < -0.4 is 5.32 Å². The number of halogens is 3. The minimum atomic E-state index is -3.78. The molecule has 1 aliphatic carbocycles. The van der Waals surface area contributed by atoms with Gasteiger partial charge in [0, 0.05) is 29.2 Å². The third kappa shape index (κ3) is 2.87. The predicted octanol–water partition coefficient (Wildman–Crippen LogP) is 4.44. The van der Waals surface area contributed by atoms with Gasteiger partial charge in [-0.3, -0.25) is 9.72 Å². The number of aromatic nitrogens is 1. The first-order valence-electron chi connectivity index (χ1n) is 7.61. The number of nitrogens with one attached hydrogen (secondary N) is 1.